The molecule has 4 amide bonds. The Morgan fingerprint density at radius 1 is 1.13 bits per heavy atom. The van der Waals surface area contributed by atoms with Gasteiger partial charge in [0, 0.05) is 20.2 Å². The van der Waals surface area contributed by atoms with Crippen molar-refractivity contribution in [3.05, 3.63) is 71.3 Å². The molecule has 156 valence electrons. The maximum atomic E-state index is 13.3. The highest BCUT2D eigenvalue weighted by molar-refractivity contribution is 6.09. The first-order valence-electron chi connectivity index (χ1n) is 10.1. The summed E-state index contributed by atoms with van der Waals surface area (Å²) >= 11 is 0. The molecule has 1 heterocycles. The summed E-state index contributed by atoms with van der Waals surface area (Å²) in [4.78, 5) is 41.7. The van der Waals surface area contributed by atoms with Crippen molar-refractivity contribution in [2.45, 2.75) is 24.9 Å². The van der Waals surface area contributed by atoms with E-state index in [-0.39, 0.29) is 18.4 Å². The summed E-state index contributed by atoms with van der Waals surface area (Å²) in [6.07, 6.45) is 1.23. The topological polar surface area (TPSA) is 79.0 Å². The van der Waals surface area contributed by atoms with Crippen LogP contribution in [-0.2, 0) is 32.8 Å². The molecule has 7 heteroatoms. The van der Waals surface area contributed by atoms with E-state index in [1.54, 1.807) is 12.0 Å². The fraction of sp³-hybridized carbons (Fsp3) is 0.348. The van der Waals surface area contributed by atoms with E-state index in [0.717, 1.165) is 28.0 Å². The number of ether oxygens (including phenoxy) is 1. The molecule has 1 aliphatic heterocycles. The summed E-state index contributed by atoms with van der Waals surface area (Å²) in [6.45, 7) is 0.851. The average Bonchev–Trinajstić information content (AvgIpc) is 3.25. The highest BCUT2D eigenvalue weighted by Crippen LogP contribution is 2.41. The van der Waals surface area contributed by atoms with Crippen LogP contribution in [0.5, 0.6) is 0 Å². The van der Waals surface area contributed by atoms with Gasteiger partial charge in [-0.05, 0) is 29.5 Å². The van der Waals surface area contributed by atoms with E-state index in [2.05, 4.69) is 5.32 Å². The maximum absolute atomic E-state index is 13.3. The molecule has 4 rings (SSSR count). The van der Waals surface area contributed by atoms with E-state index in [9.17, 15) is 14.4 Å². The number of aryl methyl sites for hydroxylation is 1. The van der Waals surface area contributed by atoms with E-state index in [4.69, 9.17) is 4.74 Å². The monoisotopic (exact) mass is 407 g/mol. The van der Waals surface area contributed by atoms with Crippen LogP contribution in [0.2, 0.25) is 0 Å². The van der Waals surface area contributed by atoms with Crippen LogP contribution >= 0.6 is 0 Å². The first kappa shape index (κ1) is 20.1. The zero-order valence-electron chi connectivity index (χ0n) is 17.0. The van der Waals surface area contributed by atoms with Gasteiger partial charge in [0.2, 0.25) is 5.91 Å². The molecule has 7 nitrogen and oxygen atoms in total. The zero-order valence-corrected chi connectivity index (χ0v) is 17.0. The van der Waals surface area contributed by atoms with Crippen LogP contribution in [0.15, 0.2) is 54.6 Å². The Hall–Kier alpha value is -3.19. The molecule has 0 saturated carbocycles. The predicted molar refractivity (Wildman–Crippen MR) is 110 cm³/mol. The lowest BCUT2D eigenvalue weighted by Gasteiger charge is -2.25. The minimum absolute atomic E-state index is 0.287. The lowest BCUT2D eigenvalue weighted by molar-refractivity contribution is -0.139. The summed E-state index contributed by atoms with van der Waals surface area (Å²) in [5.41, 5.74) is 1.81. The van der Waals surface area contributed by atoms with Crippen molar-refractivity contribution >= 4 is 17.8 Å². The number of carbonyl (C=O) groups excluding carboxylic acids is 3. The molecular formula is C23H25N3O4. The molecule has 0 aromatic heterocycles. The van der Waals surface area contributed by atoms with Crippen LogP contribution in [0.1, 0.15) is 23.1 Å². The molecule has 2 aliphatic rings. The minimum atomic E-state index is -1.05. The number of fused-ring (bicyclic) bond motifs is 2. The molecule has 1 aliphatic carbocycles. The number of imide groups is 1. The number of rotatable bonds is 7. The highest BCUT2D eigenvalue weighted by atomic mass is 16.5. The molecule has 1 N–H and O–H groups in total. The predicted octanol–water partition coefficient (Wildman–Crippen LogP) is 2.06. The smallest absolute Gasteiger partial charge is 0.325 e. The van der Waals surface area contributed by atoms with Crippen molar-refractivity contribution < 1.29 is 19.1 Å². The summed E-state index contributed by atoms with van der Waals surface area (Å²) in [5, 5.41) is 2.86. The molecule has 1 atom stereocenters. The Labute approximate surface area is 175 Å². The fourth-order valence-corrected chi connectivity index (χ4v) is 4.27. The summed E-state index contributed by atoms with van der Waals surface area (Å²) in [6, 6.07) is 16.7. The Balaban J connectivity index is 1.51. The van der Waals surface area contributed by atoms with Gasteiger partial charge in [-0.2, -0.15) is 0 Å². The first-order valence-corrected chi connectivity index (χ1v) is 10.1. The molecule has 30 heavy (non-hydrogen) atoms. The number of amides is 4. The van der Waals surface area contributed by atoms with Crippen molar-refractivity contribution in [2.75, 3.05) is 26.8 Å². The number of carbonyl (C=O) groups is 3. The van der Waals surface area contributed by atoms with Crippen LogP contribution in [0.4, 0.5) is 4.79 Å². The Bertz CT molecular complexity index is 962. The van der Waals surface area contributed by atoms with Crippen LogP contribution in [-0.4, -0.2) is 54.5 Å². The number of urea groups is 1. The molecule has 0 radical (unpaired) electrons. The Morgan fingerprint density at radius 2 is 1.87 bits per heavy atom. The third-order valence-electron chi connectivity index (χ3n) is 5.85. The molecular weight excluding hydrogens is 382 g/mol. The van der Waals surface area contributed by atoms with Gasteiger partial charge in [-0.1, -0.05) is 54.6 Å². The second-order valence-electron chi connectivity index (χ2n) is 7.68. The van der Waals surface area contributed by atoms with Crippen LogP contribution < -0.4 is 5.32 Å². The molecule has 1 fully saturated rings. The number of nitrogens with one attached hydrogen (secondary N) is 1. The number of hydrogen-bond acceptors (Lipinski definition) is 4. The summed E-state index contributed by atoms with van der Waals surface area (Å²) in [7, 11) is 1.57. The third-order valence-corrected chi connectivity index (χ3v) is 5.85. The van der Waals surface area contributed by atoms with E-state index in [0.29, 0.717) is 26.1 Å². The van der Waals surface area contributed by atoms with Gasteiger partial charge in [-0.3, -0.25) is 14.5 Å². The van der Waals surface area contributed by atoms with E-state index in [1.807, 2.05) is 54.6 Å². The average molecular weight is 407 g/mol. The molecule has 1 saturated heterocycles. The first-order chi connectivity index (χ1) is 14.5. The number of methoxy groups -OCH3 is 1. The molecule has 2 aromatic carbocycles. The number of nitrogens with zero attached hydrogens (tertiary/aromatic N) is 2. The zero-order chi connectivity index (χ0) is 21.1. The summed E-state index contributed by atoms with van der Waals surface area (Å²) in [5.74, 6) is -0.639. The van der Waals surface area contributed by atoms with Crippen molar-refractivity contribution in [1.29, 1.82) is 0 Å². The molecule has 1 spiro atoms. The van der Waals surface area contributed by atoms with E-state index >= 15 is 0 Å². The second kappa shape index (κ2) is 8.28. The minimum Gasteiger partial charge on any atom is -0.383 e. The van der Waals surface area contributed by atoms with Gasteiger partial charge in [-0.25, -0.2) is 4.79 Å². The summed E-state index contributed by atoms with van der Waals surface area (Å²) < 4.78 is 5.13. The van der Waals surface area contributed by atoms with Crippen molar-refractivity contribution in [3.8, 4) is 0 Å². The lowest BCUT2D eigenvalue weighted by atomic mass is 9.92. The third kappa shape index (κ3) is 3.57. The Kier molecular flexibility index (Phi) is 5.55. The van der Waals surface area contributed by atoms with Crippen LogP contribution in [0, 0.1) is 0 Å². The van der Waals surface area contributed by atoms with Gasteiger partial charge in [-0.15, -0.1) is 0 Å². The largest absolute Gasteiger partial charge is 0.383 e. The molecule has 2 aromatic rings. The van der Waals surface area contributed by atoms with Gasteiger partial charge in [0.05, 0.1) is 6.61 Å². The van der Waals surface area contributed by atoms with Gasteiger partial charge in [0.15, 0.2) is 0 Å². The van der Waals surface area contributed by atoms with Crippen molar-refractivity contribution in [1.82, 2.24) is 15.1 Å². The SMILES string of the molecule is COCCN(Cc1ccccc1)C(=O)CN1C(=O)N[C@]2(CCc3ccccc32)C1=O. The molecule has 0 unspecified atom stereocenters. The van der Waals surface area contributed by atoms with Crippen molar-refractivity contribution in [3.63, 3.8) is 0 Å². The van der Waals surface area contributed by atoms with Gasteiger partial charge in [0.25, 0.3) is 5.91 Å². The van der Waals surface area contributed by atoms with Gasteiger partial charge >= 0.3 is 6.03 Å². The van der Waals surface area contributed by atoms with Crippen molar-refractivity contribution in [2.24, 2.45) is 0 Å². The Morgan fingerprint density at radius 3 is 2.63 bits per heavy atom. The van der Waals surface area contributed by atoms with Crippen LogP contribution in [0.3, 0.4) is 0 Å². The number of hydrogen-bond donors (Lipinski definition) is 1. The second-order valence-corrected chi connectivity index (χ2v) is 7.68. The quantitative estimate of drug-likeness (QED) is 0.713. The van der Waals surface area contributed by atoms with E-state index in [1.165, 1.54) is 0 Å². The van der Waals surface area contributed by atoms with Crippen LogP contribution in [0.25, 0.3) is 0 Å². The lowest BCUT2D eigenvalue weighted by Crippen LogP contribution is -2.45. The van der Waals surface area contributed by atoms with Gasteiger partial charge < -0.3 is 15.0 Å². The standard InChI is InChI=1S/C23H25N3O4/c1-30-14-13-25(15-17-7-3-2-4-8-17)20(27)16-26-21(28)23(24-22(26)29)12-11-18-9-5-6-10-19(18)23/h2-10H,11-16H2,1H3,(H,24,29)/t23-/m0/s1. The maximum Gasteiger partial charge on any atom is 0.325 e. The fourth-order valence-electron chi connectivity index (χ4n) is 4.27. The van der Waals surface area contributed by atoms with E-state index < -0.39 is 11.6 Å². The molecule has 0 bridgehead atoms. The highest BCUT2D eigenvalue weighted by Gasteiger charge is 2.55. The number of benzene rings is 2. The normalized spacial score (nSPS) is 19.8. The van der Waals surface area contributed by atoms with Gasteiger partial charge in [0.1, 0.15) is 12.1 Å².